The molecular formula is C37H26N2. The van der Waals surface area contributed by atoms with Crippen LogP contribution in [-0.2, 0) is 0 Å². The molecule has 0 unspecified atom stereocenters. The molecule has 0 fully saturated rings. The molecule has 0 spiro atoms. The highest BCUT2D eigenvalue weighted by Crippen LogP contribution is 2.48. The van der Waals surface area contributed by atoms with Crippen molar-refractivity contribution in [3.8, 4) is 22.3 Å². The third-order valence-corrected chi connectivity index (χ3v) is 7.30. The van der Waals surface area contributed by atoms with E-state index < -0.39 is 0 Å². The number of rotatable bonds is 5. The minimum Gasteiger partial charge on any atom is -0.294 e. The van der Waals surface area contributed by atoms with Crippen molar-refractivity contribution >= 4 is 38.7 Å². The molecule has 0 aliphatic heterocycles. The summed E-state index contributed by atoms with van der Waals surface area (Å²) in [5, 5.41) is 4.80. The number of fused-ring (bicyclic) bond motifs is 2. The monoisotopic (exact) mass is 498 g/mol. The predicted octanol–water partition coefficient (Wildman–Crippen LogP) is 10.2. The minimum absolute atomic E-state index is 0.886. The second kappa shape index (κ2) is 9.92. The Kier molecular flexibility index (Phi) is 5.84. The van der Waals surface area contributed by atoms with Crippen LogP contribution < -0.4 is 4.90 Å². The summed E-state index contributed by atoms with van der Waals surface area (Å²) in [5.41, 5.74) is 7.12. The lowest BCUT2D eigenvalue weighted by molar-refractivity contribution is 1.19. The first kappa shape index (κ1) is 22.9. The summed E-state index contributed by atoms with van der Waals surface area (Å²) >= 11 is 0. The number of anilines is 3. The minimum atomic E-state index is 0.886. The SMILES string of the molecule is c1ccc(-c2ccccc2-c2c3ccccc3c(N(c3ccccc3)c3ccccn3)c3ccccc23)cc1. The van der Waals surface area contributed by atoms with E-state index in [4.69, 9.17) is 4.98 Å². The number of hydrogen-bond donors (Lipinski definition) is 0. The van der Waals surface area contributed by atoms with E-state index in [9.17, 15) is 0 Å². The van der Waals surface area contributed by atoms with Crippen LogP contribution in [0.1, 0.15) is 0 Å². The molecule has 0 bridgehead atoms. The number of benzene rings is 6. The molecule has 2 nitrogen and oxygen atoms in total. The summed E-state index contributed by atoms with van der Waals surface area (Å²) in [7, 11) is 0. The molecule has 0 saturated heterocycles. The molecule has 0 saturated carbocycles. The molecule has 0 N–H and O–H groups in total. The van der Waals surface area contributed by atoms with Gasteiger partial charge in [0.2, 0.25) is 0 Å². The summed E-state index contributed by atoms with van der Waals surface area (Å²) in [4.78, 5) is 7.09. The Morgan fingerprint density at radius 2 is 0.923 bits per heavy atom. The van der Waals surface area contributed by atoms with Crippen molar-refractivity contribution in [3.63, 3.8) is 0 Å². The van der Waals surface area contributed by atoms with Crippen LogP contribution in [0.4, 0.5) is 17.2 Å². The van der Waals surface area contributed by atoms with Crippen molar-refractivity contribution in [1.29, 1.82) is 0 Å². The average Bonchev–Trinajstić information content (AvgIpc) is 3.02. The van der Waals surface area contributed by atoms with Crippen LogP contribution in [-0.4, -0.2) is 4.98 Å². The zero-order valence-corrected chi connectivity index (χ0v) is 21.4. The largest absolute Gasteiger partial charge is 0.294 e. The van der Waals surface area contributed by atoms with E-state index in [1.165, 1.54) is 43.8 Å². The molecule has 0 radical (unpaired) electrons. The van der Waals surface area contributed by atoms with E-state index in [0.29, 0.717) is 0 Å². The summed E-state index contributed by atoms with van der Waals surface area (Å²) in [5.74, 6) is 0.886. The fourth-order valence-electron chi connectivity index (χ4n) is 5.65. The van der Waals surface area contributed by atoms with Gasteiger partial charge in [-0.1, -0.05) is 127 Å². The van der Waals surface area contributed by atoms with Gasteiger partial charge in [0.25, 0.3) is 0 Å². The first-order chi connectivity index (χ1) is 19.4. The number of aromatic nitrogens is 1. The predicted molar refractivity (Wildman–Crippen MR) is 165 cm³/mol. The molecule has 2 heteroatoms. The van der Waals surface area contributed by atoms with Gasteiger partial charge in [0.05, 0.1) is 5.69 Å². The summed E-state index contributed by atoms with van der Waals surface area (Å²) in [6.07, 6.45) is 1.86. The fourth-order valence-corrected chi connectivity index (χ4v) is 5.65. The summed E-state index contributed by atoms with van der Waals surface area (Å²) in [6.45, 7) is 0. The Morgan fingerprint density at radius 3 is 1.54 bits per heavy atom. The molecule has 184 valence electrons. The van der Waals surface area contributed by atoms with E-state index in [-0.39, 0.29) is 0 Å². The van der Waals surface area contributed by atoms with Gasteiger partial charge < -0.3 is 0 Å². The zero-order chi connectivity index (χ0) is 26.0. The Labute approximate surface area is 228 Å². The lowest BCUT2D eigenvalue weighted by atomic mass is 9.86. The van der Waals surface area contributed by atoms with Crippen LogP contribution in [0.15, 0.2) is 158 Å². The standard InChI is InChI=1S/C37H26N2/c1-3-15-27(16-4-1)29-19-7-8-20-30(29)36-31-21-9-11-23-33(31)37(34-24-12-10-22-32(34)36)39(28-17-5-2-6-18-28)35-25-13-14-26-38-35/h1-26H. The van der Waals surface area contributed by atoms with Crippen molar-refractivity contribution in [1.82, 2.24) is 4.98 Å². The number of para-hydroxylation sites is 1. The maximum Gasteiger partial charge on any atom is 0.137 e. The Morgan fingerprint density at radius 1 is 0.410 bits per heavy atom. The third kappa shape index (κ3) is 4.03. The fraction of sp³-hybridized carbons (Fsp3) is 0. The van der Waals surface area contributed by atoms with Gasteiger partial charge in [-0.15, -0.1) is 0 Å². The van der Waals surface area contributed by atoms with Crippen LogP contribution in [0.3, 0.4) is 0 Å². The second-order valence-electron chi connectivity index (χ2n) is 9.59. The molecule has 0 aliphatic carbocycles. The zero-order valence-electron chi connectivity index (χ0n) is 21.4. The summed E-state index contributed by atoms with van der Waals surface area (Å²) < 4.78 is 0. The molecular weight excluding hydrogens is 472 g/mol. The lowest BCUT2D eigenvalue weighted by Crippen LogP contribution is -2.12. The highest BCUT2D eigenvalue weighted by molar-refractivity contribution is 6.23. The highest BCUT2D eigenvalue weighted by atomic mass is 15.2. The highest BCUT2D eigenvalue weighted by Gasteiger charge is 2.23. The first-order valence-electron chi connectivity index (χ1n) is 13.2. The van der Waals surface area contributed by atoms with Crippen molar-refractivity contribution < 1.29 is 0 Å². The molecule has 1 heterocycles. The maximum atomic E-state index is 4.81. The van der Waals surface area contributed by atoms with E-state index in [1.807, 2.05) is 18.3 Å². The van der Waals surface area contributed by atoms with E-state index >= 15 is 0 Å². The van der Waals surface area contributed by atoms with Crippen molar-refractivity contribution in [2.45, 2.75) is 0 Å². The Balaban J connectivity index is 1.62. The molecule has 1 aromatic heterocycles. The Bertz CT molecular complexity index is 1800. The van der Waals surface area contributed by atoms with Crippen molar-refractivity contribution in [2.75, 3.05) is 4.90 Å². The van der Waals surface area contributed by atoms with Crippen LogP contribution in [0.5, 0.6) is 0 Å². The number of pyridine rings is 1. The smallest absolute Gasteiger partial charge is 0.137 e. The second-order valence-corrected chi connectivity index (χ2v) is 9.59. The van der Waals surface area contributed by atoms with Gasteiger partial charge in [0, 0.05) is 22.7 Å². The lowest BCUT2D eigenvalue weighted by Gasteiger charge is -2.28. The third-order valence-electron chi connectivity index (χ3n) is 7.30. The summed E-state index contributed by atoms with van der Waals surface area (Å²) in [6, 6.07) is 53.6. The van der Waals surface area contributed by atoms with Crippen molar-refractivity contribution in [3.05, 3.63) is 158 Å². The molecule has 6 aromatic carbocycles. The average molecular weight is 499 g/mol. The van der Waals surface area contributed by atoms with Crippen molar-refractivity contribution in [2.24, 2.45) is 0 Å². The van der Waals surface area contributed by atoms with E-state index in [0.717, 1.165) is 17.2 Å². The van der Waals surface area contributed by atoms with Crippen LogP contribution in [0.2, 0.25) is 0 Å². The van der Waals surface area contributed by atoms with Gasteiger partial charge >= 0.3 is 0 Å². The van der Waals surface area contributed by atoms with Gasteiger partial charge in [-0.3, -0.25) is 4.90 Å². The molecule has 0 aliphatic rings. The van der Waals surface area contributed by atoms with Gasteiger partial charge in [-0.2, -0.15) is 0 Å². The topological polar surface area (TPSA) is 16.1 Å². The molecule has 39 heavy (non-hydrogen) atoms. The van der Waals surface area contributed by atoms with E-state index in [1.54, 1.807) is 0 Å². The first-order valence-corrected chi connectivity index (χ1v) is 13.2. The molecule has 0 amide bonds. The number of nitrogens with zero attached hydrogens (tertiary/aromatic N) is 2. The van der Waals surface area contributed by atoms with Crippen LogP contribution in [0, 0.1) is 0 Å². The van der Waals surface area contributed by atoms with E-state index in [2.05, 4.69) is 144 Å². The molecule has 0 atom stereocenters. The number of hydrogen-bond acceptors (Lipinski definition) is 2. The maximum absolute atomic E-state index is 4.81. The van der Waals surface area contributed by atoms with Crippen LogP contribution >= 0.6 is 0 Å². The van der Waals surface area contributed by atoms with Gasteiger partial charge in [0.1, 0.15) is 5.82 Å². The van der Waals surface area contributed by atoms with Crippen LogP contribution in [0.25, 0.3) is 43.8 Å². The molecule has 7 rings (SSSR count). The Hall–Kier alpha value is -5.21. The van der Waals surface area contributed by atoms with Gasteiger partial charge in [0.15, 0.2) is 0 Å². The molecule has 7 aromatic rings. The van der Waals surface area contributed by atoms with Gasteiger partial charge in [-0.05, 0) is 57.3 Å². The normalized spacial score (nSPS) is 11.1. The quantitative estimate of drug-likeness (QED) is 0.219. The van der Waals surface area contributed by atoms with Gasteiger partial charge in [-0.25, -0.2) is 4.98 Å².